The molecule has 1 aliphatic heterocycles. The third-order valence-electron chi connectivity index (χ3n) is 3.69. The zero-order valence-electron chi connectivity index (χ0n) is 12.4. The molecule has 1 aliphatic rings. The van der Waals surface area contributed by atoms with E-state index in [0.29, 0.717) is 49.4 Å². The Balaban J connectivity index is 2.55. The summed E-state index contributed by atoms with van der Waals surface area (Å²) in [6.07, 6.45) is 1.17. The molecule has 0 aromatic heterocycles. The van der Waals surface area contributed by atoms with E-state index in [0.717, 1.165) is 0 Å². The van der Waals surface area contributed by atoms with E-state index in [9.17, 15) is 8.42 Å². The van der Waals surface area contributed by atoms with Gasteiger partial charge in [0.1, 0.15) is 0 Å². The van der Waals surface area contributed by atoms with Crippen LogP contribution in [0, 0.1) is 0 Å². The molecule has 1 heterocycles. The number of fused-ring (bicyclic) bond motifs is 1. The number of para-hydroxylation sites is 1. The molecule has 21 heavy (non-hydrogen) atoms. The van der Waals surface area contributed by atoms with Gasteiger partial charge in [0.25, 0.3) is 0 Å². The third kappa shape index (κ3) is 2.89. The van der Waals surface area contributed by atoms with Crippen molar-refractivity contribution in [1.82, 2.24) is 4.31 Å². The Kier molecular flexibility index (Phi) is 4.84. The molecule has 0 bridgehead atoms. The van der Waals surface area contributed by atoms with Crippen LogP contribution in [0.5, 0.6) is 0 Å². The van der Waals surface area contributed by atoms with Crippen molar-refractivity contribution in [2.24, 2.45) is 5.16 Å². The first-order chi connectivity index (χ1) is 10.1. The summed E-state index contributed by atoms with van der Waals surface area (Å²) in [5.41, 5.74) is 1.78. The van der Waals surface area contributed by atoms with Gasteiger partial charge in [-0.25, -0.2) is 0 Å². The summed E-state index contributed by atoms with van der Waals surface area (Å²) in [7, 11) is -3.56. The maximum Gasteiger partial charge on any atom is 0.304 e. The van der Waals surface area contributed by atoms with Gasteiger partial charge in [0.15, 0.2) is 0 Å². The van der Waals surface area contributed by atoms with Crippen LogP contribution in [0.4, 0.5) is 5.69 Å². The molecule has 0 saturated carbocycles. The van der Waals surface area contributed by atoms with Crippen LogP contribution >= 0.6 is 0 Å². The topological polar surface area (TPSA) is 73.2 Å². The molecule has 0 radical (unpaired) electrons. The quantitative estimate of drug-likeness (QED) is 0.683. The lowest BCUT2D eigenvalue weighted by atomic mass is 10.1. The first-order valence-corrected chi connectivity index (χ1v) is 8.54. The van der Waals surface area contributed by atoms with Crippen molar-refractivity contribution in [1.29, 1.82) is 0 Å². The van der Waals surface area contributed by atoms with Crippen LogP contribution in [-0.4, -0.2) is 43.3 Å². The minimum Gasteiger partial charge on any atom is -0.411 e. The maximum atomic E-state index is 12.8. The molecular formula is C14H21N3O3S. The lowest BCUT2D eigenvalue weighted by molar-refractivity contribution is 0.318. The lowest BCUT2D eigenvalue weighted by Gasteiger charge is -2.30. The van der Waals surface area contributed by atoms with E-state index < -0.39 is 10.2 Å². The molecular weight excluding hydrogens is 290 g/mol. The van der Waals surface area contributed by atoms with Gasteiger partial charge in [-0.05, 0) is 18.9 Å². The predicted octanol–water partition coefficient (Wildman–Crippen LogP) is 2.05. The number of rotatable bonds is 4. The molecule has 7 heteroatoms. The Morgan fingerprint density at radius 1 is 1.29 bits per heavy atom. The fraction of sp³-hybridized carbons (Fsp3) is 0.500. The number of nitrogens with zero attached hydrogens (tertiary/aromatic N) is 3. The van der Waals surface area contributed by atoms with Crippen molar-refractivity contribution in [3.63, 3.8) is 0 Å². The van der Waals surface area contributed by atoms with Gasteiger partial charge < -0.3 is 5.21 Å². The Morgan fingerprint density at radius 3 is 2.57 bits per heavy atom. The number of benzene rings is 1. The third-order valence-corrected chi connectivity index (χ3v) is 5.79. The average molecular weight is 311 g/mol. The molecule has 116 valence electrons. The second-order valence-electron chi connectivity index (χ2n) is 4.83. The Morgan fingerprint density at radius 2 is 1.95 bits per heavy atom. The summed E-state index contributed by atoms with van der Waals surface area (Å²) < 4.78 is 28.5. The van der Waals surface area contributed by atoms with Gasteiger partial charge in [-0.15, -0.1) is 0 Å². The minimum absolute atomic E-state index is 0.384. The molecule has 0 unspecified atom stereocenters. The van der Waals surface area contributed by atoms with Gasteiger partial charge in [0.05, 0.1) is 11.4 Å². The Labute approximate surface area is 125 Å². The first-order valence-electron chi connectivity index (χ1n) is 7.14. The summed E-state index contributed by atoms with van der Waals surface area (Å²) in [4.78, 5) is 0. The molecule has 0 amide bonds. The van der Waals surface area contributed by atoms with E-state index in [1.165, 1.54) is 8.61 Å². The summed E-state index contributed by atoms with van der Waals surface area (Å²) in [5, 5.41) is 12.5. The van der Waals surface area contributed by atoms with Gasteiger partial charge in [-0.3, -0.25) is 4.31 Å². The Bertz CT molecular complexity index is 624. The van der Waals surface area contributed by atoms with Gasteiger partial charge in [-0.1, -0.05) is 37.2 Å². The van der Waals surface area contributed by atoms with Crippen LogP contribution in [-0.2, 0) is 10.2 Å². The van der Waals surface area contributed by atoms with E-state index in [4.69, 9.17) is 5.21 Å². The van der Waals surface area contributed by atoms with E-state index >= 15 is 0 Å². The van der Waals surface area contributed by atoms with Crippen LogP contribution < -0.4 is 4.31 Å². The predicted molar refractivity (Wildman–Crippen MR) is 83.2 cm³/mol. The molecule has 0 saturated heterocycles. The molecule has 0 atom stereocenters. The van der Waals surface area contributed by atoms with Crippen LogP contribution in [0.25, 0.3) is 0 Å². The SMILES string of the molecule is CCN(CC)S(=O)(=O)N1CCC/C(=N/O)c2ccccc21. The van der Waals surface area contributed by atoms with E-state index in [2.05, 4.69) is 5.16 Å². The van der Waals surface area contributed by atoms with Crippen LogP contribution in [0.3, 0.4) is 0 Å². The van der Waals surface area contributed by atoms with E-state index in [1.807, 2.05) is 19.9 Å². The molecule has 0 fully saturated rings. The van der Waals surface area contributed by atoms with Gasteiger partial charge >= 0.3 is 10.2 Å². The number of hydrogen-bond acceptors (Lipinski definition) is 4. The average Bonchev–Trinajstić information content (AvgIpc) is 2.67. The van der Waals surface area contributed by atoms with Crippen LogP contribution in [0.15, 0.2) is 29.4 Å². The highest BCUT2D eigenvalue weighted by molar-refractivity contribution is 7.90. The monoisotopic (exact) mass is 311 g/mol. The molecule has 1 aromatic carbocycles. The Hall–Kier alpha value is -1.60. The fourth-order valence-corrected chi connectivity index (χ4v) is 4.31. The van der Waals surface area contributed by atoms with Gasteiger partial charge in [0, 0.05) is 25.2 Å². The smallest absolute Gasteiger partial charge is 0.304 e. The van der Waals surface area contributed by atoms with Gasteiger partial charge in [0.2, 0.25) is 0 Å². The van der Waals surface area contributed by atoms with Crippen LogP contribution in [0.1, 0.15) is 32.3 Å². The zero-order valence-corrected chi connectivity index (χ0v) is 13.2. The van der Waals surface area contributed by atoms with Crippen molar-refractivity contribution in [2.75, 3.05) is 23.9 Å². The lowest BCUT2D eigenvalue weighted by Crippen LogP contribution is -2.44. The highest BCUT2D eigenvalue weighted by atomic mass is 32.2. The molecule has 0 aliphatic carbocycles. The second kappa shape index (κ2) is 6.44. The van der Waals surface area contributed by atoms with E-state index in [-0.39, 0.29) is 0 Å². The van der Waals surface area contributed by atoms with Crippen molar-refractivity contribution in [3.05, 3.63) is 29.8 Å². The summed E-state index contributed by atoms with van der Waals surface area (Å²) in [6, 6.07) is 7.16. The highest BCUT2D eigenvalue weighted by Crippen LogP contribution is 2.29. The minimum atomic E-state index is -3.56. The van der Waals surface area contributed by atoms with Crippen molar-refractivity contribution < 1.29 is 13.6 Å². The number of anilines is 1. The second-order valence-corrected chi connectivity index (χ2v) is 6.68. The summed E-state index contributed by atoms with van der Waals surface area (Å²) in [5.74, 6) is 0. The fourth-order valence-electron chi connectivity index (χ4n) is 2.61. The van der Waals surface area contributed by atoms with Crippen molar-refractivity contribution >= 4 is 21.6 Å². The number of hydrogen-bond donors (Lipinski definition) is 1. The normalized spacial score (nSPS) is 17.9. The van der Waals surface area contributed by atoms with Gasteiger partial charge in [-0.2, -0.15) is 12.7 Å². The molecule has 0 spiro atoms. The molecule has 6 nitrogen and oxygen atoms in total. The molecule has 1 N–H and O–H groups in total. The first kappa shape index (κ1) is 15.8. The summed E-state index contributed by atoms with van der Waals surface area (Å²) in [6.45, 7) is 4.89. The molecule has 2 rings (SSSR count). The van der Waals surface area contributed by atoms with Crippen molar-refractivity contribution in [2.45, 2.75) is 26.7 Å². The maximum absolute atomic E-state index is 12.8. The van der Waals surface area contributed by atoms with Crippen molar-refractivity contribution in [3.8, 4) is 0 Å². The summed E-state index contributed by atoms with van der Waals surface area (Å²) >= 11 is 0. The zero-order chi connectivity index (χ0) is 15.5. The standard InChI is InChI=1S/C14H21N3O3S/c1-3-16(4-2)21(19,20)17-11-7-9-13(15-18)12-8-5-6-10-14(12)17/h5-6,8,10,18H,3-4,7,9,11H2,1-2H3/b15-13-. The highest BCUT2D eigenvalue weighted by Gasteiger charge is 2.31. The molecule has 1 aromatic rings. The largest absolute Gasteiger partial charge is 0.411 e. The van der Waals surface area contributed by atoms with Crippen LogP contribution in [0.2, 0.25) is 0 Å². The van der Waals surface area contributed by atoms with E-state index in [1.54, 1.807) is 18.2 Å². The number of oxime groups is 1.